The lowest BCUT2D eigenvalue weighted by Crippen LogP contribution is -2.33. The summed E-state index contributed by atoms with van der Waals surface area (Å²) in [5.41, 5.74) is 1.04. The van der Waals surface area contributed by atoms with Crippen LogP contribution in [0.5, 0.6) is 0 Å². The molecule has 1 unspecified atom stereocenters. The summed E-state index contributed by atoms with van der Waals surface area (Å²) in [4.78, 5) is 11.0. The molecule has 1 aromatic heterocycles. The van der Waals surface area contributed by atoms with Crippen molar-refractivity contribution in [2.24, 2.45) is 0 Å². The molecule has 1 saturated carbocycles. The van der Waals surface area contributed by atoms with Crippen LogP contribution in [0.2, 0.25) is 0 Å². The van der Waals surface area contributed by atoms with Gasteiger partial charge in [0.2, 0.25) is 0 Å². The summed E-state index contributed by atoms with van der Waals surface area (Å²) in [6, 6.07) is 9.59. The van der Waals surface area contributed by atoms with Crippen molar-refractivity contribution in [2.75, 3.05) is 0 Å². The maximum Gasteiger partial charge on any atom is 0.333 e. The highest BCUT2D eigenvalue weighted by atomic mass is 16.4. The van der Waals surface area contributed by atoms with E-state index in [4.69, 9.17) is 5.11 Å². The van der Waals surface area contributed by atoms with E-state index in [1.54, 1.807) is 17.1 Å². The molecule has 0 amide bonds. The van der Waals surface area contributed by atoms with Gasteiger partial charge in [-0.25, -0.2) is 9.48 Å². The molecule has 0 radical (unpaired) electrons. The van der Waals surface area contributed by atoms with Crippen LogP contribution in [0.3, 0.4) is 0 Å². The number of aliphatic hydroxyl groups excluding tert-OH is 1. The van der Waals surface area contributed by atoms with Gasteiger partial charge in [-0.15, -0.1) is 0 Å². The molecule has 2 N–H and O–H groups in total. The zero-order valence-electron chi connectivity index (χ0n) is 10.2. The molecule has 2 aromatic rings. The largest absolute Gasteiger partial charge is 0.479 e. The molecular formula is C14H14N2O3. The number of aliphatic hydroxyl groups is 1. The molecular weight excluding hydrogens is 244 g/mol. The van der Waals surface area contributed by atoms with E-state index in [1.807, 2.05) is 30.3 Å². The van der Waals surface area contributed by atoms with Crippen LogP contribution in [0.4, 0.5) is 0 Å². The van der Waals surface area contributed by atoms with Crippen LogP contribution in [0.1, 0.15) is 18.4 Å². The van der Waals surface area contributed by atoms with Gasteiger partial charge in [-0.1, -0.05) is 18.2 Å². The van der Waals surface area contributed by atoms with Gasteiger partial charge in [-0.05, 0) is 30.5 Å². The molecule has 1 heterocycles. The van der Waals surface area contributed by atoms with Gasteiger partial charge in [0.25, 0.3) is 0 Å². The highest BCUT2D eigenvalue weighted by Gasteiger charge is 2.54. The van der Waals surface area contributed by atoms with Crippen LogP contribution in [0.15, 0.2) is 42.7 Å². The molecule has 0 bridgehead atoms. The number of hydrogen-bond acceptors (Lipinski definition) is 3. The van der Waals surface area contributed by atoms with Crippen molar-refractivity contribution in [3.63, 3.8) is 0 Å². The Morgan fingerprint density at radius 3 is 2.58 bits per heavy atom. The standard InChI is InChI=1S/C14H14N2O3/c17-12(13(18)19)14(6-7-14)10-8-15-16(9-10)11-4-2-1-3-5-11/h1-5,8-9,12,17H,6-7H2,(H,18,19). The maximum absolute atomic E-state index is 11.0. The minimum Gasteiger partial charge on any atom is -0.479 e. The monoisotopic (exact) mass is 258 g/mol. The summed E-state index contributed by atoms with van der Waals surface area (Å²) < 4.78 is 1.70. The number of hydrogen-bond donors (Lipinski definition) is 2. The second-order valence-corrected chi connectivity index (χ2v) is 4.91. The topological polar surface area (TPSA) is 75.3 Å². The van der Waals surface area contributed by atoms with Gasteiger partial charge >= 0.3 is 5.97 Å². The lowest BCUT2D eigenvalue weighted by Gasteiger charge is -2.16. The Hall–Kier alpha value is -2.14. The Morgan fingerprint density at radius 2 is 2.00 bits per heavy atom. The first-order chi connectivity index (χ1) is 9.13. The molecule has 0 aliphatic heterocycles. The minimum atomic E-state index is -1.36. The SMILES string of the molecule is O=C(O)C(O)C1(c2cnn(-c3ccccc3)c2)CC1. The van der Waals surface area contributed by atoms with E-state index in [1.165, 1.54) is 0 Å². The molecule has 1 aromatic carbocycles. The Balaban J connectivity index is 1.92. The first-order valence-electron chi connectivity index (χ1n) is 6.15. The minimum absolute atomic E-state index is 0.654. The number of benzene rings is 1. The van der Waals surface area contributed by atoms with Gasteiger partial charge in [0.15, 0.2) is 6.10 Å². The van der Waals surface area contributed by atoms with E-state index in [9.17, 15) is 9.90 Å². The predicted octanol–water partition coefficient (Wildman–Crippen LogP) is 1.35. The molecule has 1 atom stereocenters. The molecule has 0 saturated heterocycles. The molecule has 98 valence electrons. The van der Waals surface area contributed by atoms with Gasteiger partial charge in [0.05, 0.1) is 11.9 Å². The fourth-order valence-electron chi connectivity index (χ4n) is 2.39. The number of rotatable bonds is 4. The van der Waals surface area contributed by atoms with Gasteiger partial charge in [0, 0.05) is 11.6 Å². The number of nitrogens with zero attached hydrogens (tertiary/aromatic N) is 2. The van der Waals surface area contributed by atoms with E-state index < -0.39 is 17.5 Å². The highest BCUT2D eigenvalue weighted by molar-refractivity contribution is 5.75. The molecule has 1 fully saturated rings. The second kappa shape index (κ2) is 4.20. The van der Waals surface area contributed by atoms with E-state index in [-0.39, 0.29) is 0 Å². The first-order valence-corrected chi connectivity index (χ1v) is 6.15. The number of aliphatic carboxylic acids is 1. The molecule has 5 heteroatoms. The van der Waals surface area contributed by atoms with Crippen molar-refractivity contribution in [3.05, 3.63) is 48.3 Å². The van der Waals surface area contributed by atoms with Crippen LogP contribution in [0.25, 0.3) is 5.69 Å². The van der Waals surface area contributed by atoms with Gasteiger partial charge in [-0.2, -0.15) is 5.10 Å². The van der Waals surface area contributed by atoms with Crippen molar-refractivity contribution in [1.82, 2.24) is 9.78 Å². The van der Waals surface area contributed by atoms with Crippen molar-refractivity contribution in [3.8, 4) is 5.69 Å². The summed E-state index contributed by atoms with van der Waals surface area (Å²) in [5, 5.41) is 23.0. The summed E-state index contributed by atoms with van der Waals surface area (Å²) >= 11 is 0. The Kier molecular flexibility index (Phi) is 2.64. The van der Waals surface area contributed by atoms with E-state index in [2.05, 4.69) is 5.10 Å². The van der Waals surface area contributed by atoms with Gasteiger partial charge < -0.3 is 10.2 Å². The quantitative estimate of drug-likeness (QED) is 0.868. The molecule has 1 aliphatic rings. The van der Waals surface area contributed by atoms with Crippen molar-refractivity contribution < 1.29 is 15.0 Å². The Bertz CT molecular complexity index is 602. The average Bonchev–Trinajstić information content (AvgIpc) is 3.09. The fraction of sp³-hybridized carbons (Fsp3) is 0.286. The Labute approximate surface area is 110 Å². The van der Waals surface area contributed by atoms with Crippen LogP contribution < -0.4 is 0 Å². The molecule has 19 heavy (non-hydrogen) atoms. The van der Waals surface area contributed by atoms with E-state index in [0.717, 1.165) is 11.3 Å². The smallest absolute Gasteiger partial charge is 0.333 e. The zero-order chi connectivity index (χ0) is 13.5. The third kappa shape index (κ3) is 1.92. The lowest BCUT2D eigenvalue weighted by atomic mass is 9.92. The highest BCUT2D eigenvalue weighted by Crippen LogP contribution is 2.51. The van der Waals surface area contributed by atoms with Crippen LogP contribution in [-0.2, 0) is 10.2 Å². The van der Waals surface area contributed by atoms with Crippen molar-refractivity contribution in [1.29, 1.82) is 0 Å². The molecule has 0 spiro atoms. The third-order valence-corrected chi connectivity index (χ3v) is 3.72. The second-order valence-electron chi connectivity index (χ2n) is 4.91. The van der Waals surface area contributed by atoms with Crippen molar-refractivity contribution >= 4 is 5.97 Å². The summed E-state index contributed by atoms with van der Waals surface area (Å²) in [7, 11) is 0. The molecule has 1 aliphatic carbocycles. The fourth-order valence-corrected chi connectivity index (χ4v) is 2.39. The summed E-state index contributed by atoms with van der Waals surface area (Å²) in [5.74, 6) is -1.18. The Morgan fingerprint density at radius 1 is 1.32 bits per heavy atom. The van der Waals surface area contributed by atoms with E-state index in [0.29, 0.717) is 12.8 Å². The zero-order valence-corrected chi connectivity index (χ0v) is 10.2. The molecule has 3 rings (SSSR count). The number of para-hydroxylation sites is 1. The summed E-state index contributed by atoms with van der Waals surface area (Å²) in [6.45, 7) is 0. The third-order valence-electron chi connectivity index (χ3n) is 3.72. The normalized spacial score (nSPS) is 17.9. The van der Waals surface area contributed by atoms with Crippen LogP contribution in [0, 0.1) is 0 Å². The predicted molar refractivity (Wildman–Crippen MR) is 68.1 cm³/mol. The van der Waals surface area contributed by atoms with Crippen LogP contribution >= 0.6 is 0 Å². The van der Waals surface area contributed by atoms with Crippen LogP contribution in [-0.4, -0.2) is 32.1 Å². The molecule has 5 nitrogen and oxygen atoms in total. The number of carboxylic acid groups (broad SMARTS) is 1. The number of carbonyl (C=O) groups is 1. The number of carboxylic acids is 1. The average molecular weight is 258 g/mol. The van der Waals surface area contributed by atoms with Crippen molar-refractivity contribution in [2.45, 2.75) is 24.4 Å². The summed E-state index contributed by atoms with van der Waals surface area (Å²) in [6.07, 6.45) is 3.45. The lowest BCUT2D eigenvalue weighted by molar-refractivity contribution is -0.148. The maximum atomic E-state index is 11.0. The first kappa shape index (κ1) is 11.9. The number of aromatic nitrogens is 2. The van der Waals surface area contributed by atoms with E-state index >= 15 is 0 Å². The van der Waals surface area contributed by atoms with Gasteiger partial charge in [-0.3, -0.25) is 0 Å². The van der Waals surface area contributed by atoms with Gasteiger partial charge in [0.1, 0.15) is 0 Å².